The predicted octanol–water partition coefficient (Wildman–Crippen LogP) is 2.39. The van der Waals surface area contributed by atoms with Gasteiger partial charge in [0, 0.05) is 0 Å². The summed E-state index contributed by atoms with van der Waals surface area (Å²) in [6, 6.07) is 6.18. The van der Waals surface area contributed by atoms with Gasteiger partial charge in [-0.2, -0.15) is 0 Å². The SMILES string of the molecule is CCOC(=O)COCC(N)c1cc(CC)ccc1CC. The lowest BCUT2D eigenvalue weighted by Gasteiger charge is -2.17. The van der Waals surface area contributed by atoms with E-state index in [1.54, 1.807) is 6.92 Å². The molecule has 4 nitrogen and oxygen atoms in total. The Hall–Kier alpha value is -1.39. The molecule has 0 saturated carbocycles. The van der Waals surface area contributed by atoms with Gasteiger partial charge in [-0.3, -0.25) is 0 Å². The Balaban J connectivity index is 2.61. The summed E-state index contributed by atoms with van der Waals surface area (Å²) in [5.74, 6) is -0.349. The number of hydrogen-bond acceptors (Lipinski definition) is 4. The van der Waals surface area contributed by atoms with Crippen molar-refractivity contribution in [1.82, 2.24) is 0 Å². The fourth-order valence-electron chi connectivity index (χ4n) is 2.09. The summed E-state index contributed by atoms with van der Waals surface area (Å²) >= 11 is 0. The Bertz CT molecular complexity index is 432. The lowest BCUT2D eigenvalue weighted by atomic mass is 9.96. The van der Waals surface area contributed by atoms with Crippen molar-refractivity contribution in [2.45, 2.75) is 39.7 Å². The Morgan fingerprint density at radius 1 is 1.25 bits per heavy atom. The fraction of sp³-hybridized carbons (Fsp3) is 0.562. The van der Waals surface area contributed by atoms with Crippen molar-refractivity contribution >= 4 is 5.97 Å². The maximum absolute atomic E-state index is 11.2. The number of rotatable bonds is 8. The Labute approximate surface area is 121 Å². The van der Waals surface area contributed by atoms with Crippen LogP contribution in [0.2, 0.25) is 0 Å². The summed E-state index contributed by atoms with van der Waals surface area (Å²) in [5, 5.41) is 0. The standard InChI is InChI=1S/C16H25NO3/c1-4-12-7-8-13(5-2)14(9-12)15(17)10-19-11-16(18)20-6-3/h7-9,15H,4-6,10-11,17H2,1-3H3. The summed E-state index contributed by atoms with van der Waals surface area (Å²) < 4.78 is 10.1. The van der Waals surface area contributed by atoms with Crippen molar-refractivity contribution in [3.8, 4) is 0 Å². The van der Waals surface area contributed by atoms with E-state index in [1.165, 1.54) is 11.1 Å². The number of nitrogens with two attached hydrogens (primary N) is 1. The fourth-order valence-corrected chi connectivity index (χ4v) is 2.09. The minimum absolute atomic E-state index is 0.0452. The average Bonchev–Trinajstić information content (AvgIpc) is 2.46. The molecule has 0 amide bonds. The van der Waals surface area contributed by atoms with Gasteiger partial charge in [0.1, 0.15) is 6.61 Å². The van der Waals surface area contributed by atoms with Gasteiger partial charge in [0.25, 0.3) is 0 Å². The van der Waals surface area contributed by atoms with E-state index in [-0.39, 0.29) is 18.6 Å². The van der Waals surface area contributed by atoms with Crippen LogP contribution >= 0.6 is 0 Å². The molecular formula is C16H25NO3. The highest BCUT2D eigenvalue weighted by molar-refractivity contribution is 5.70. The maximum Gasteiger partial charge on any atom is 0.332 e. The highest BCUT2D eigenvalue weighted by Crippen LogP contribution is 2.20. The first kappa shape index (κ1) is 16.7. The monoisotopic (exact) mass is 279 g/mol. The third kappa shape index (κ3) is 4.94. The van der Waals surface area contributed by atoms with Crippen molar-refractivity contribution in [3.63, 3.8) is 0 Å². The van der Waals surface area contributed by atoms with E-state index in [1.807, 2.05) is 0 Å². The second kappa shape index (κ2) is 8.72. The van der Waals surface area contributed by atoms with Crippen molar-refractivity contribution in [3.05, 3.63) is 34.9 Å². The lowest BCUT2D eigenvalue weighted by Crippen LogP contribution is -2.22. The molecule has 0 aromatic heterocycles. The normalized spacial score (nSPS) is 12.2. The first-order valence-corrected chi connectivity index (χ1v) is 7.22. The molecule has 1 rings (SSSR count). The highest BCUT2D eigenvalue weighted by Gasteiger charge is 2.12. The molecule has 0 aliphatic heterocycles. The van der Waals surface area contributed by atoms with Crippen LogP contribution in [0.3, 0.4) is 0 Å². The minimum Gasteiger partial charge on any atom is -0.464 e. The molecule has 0 radical (unpaired) electrons. The van der Waals surface area contributed by atoms with Crippen LogP contribution in [0.15, 0.2) is 18.2 Å². The van der Waals surface area contributed by atoms with E-state index >= 15 is 0 Å². The number of esters is 1. The first-order valence-electron chi connectivity index (χ1n) is 7.22. The smallest absolute Gasteiger partial charge is 0.332 e. The predicted molar refractivity (Wildman–Crippen MR) is 79.6 cm³/mol. The summed E-state index contributed by atoms with van der Waals surface area (Å²) in [6.45, 7) is 6.64. The van der Waals surface area contributed by atoms with Gasteiger partial charge in [0.15, 0.2) is 0 Å². The van der Waals surface area contributed by atoms with Crippen LogP contribution in [0, 0.1) is 0 Å². The molecule has 0 fully saturated rings. The average molecular weight is 279 g/mol. The van der Waals surface area contributed by atoms with Crippen molar-refractivity contribution in [2.24, 2.45) is 5.73 Å². The molecular weight excluding hydrogens is 254 g/mol. The lowest BCUT2D eigenvalue weighted by molar-refractivity contribution is -0.148. The number of carbonyl (C=O) groups excluding carboxylic acids is 1. The van der Waals surface area contributed by atoms with Gasteiger partial charge < -0.3 is 15.2 Å². The van der Waals surface area contributed by atoms with Crippen molar-refractivity contribution in [2.75, 3.05) is 19.8 Å². The van der Waals surface area contributed by atoms with Crippen LogP contribution in [0.5, 0.6) is 0 Å². The molecule has 0 aliphatic carbocycles. The van der Waals surface area contributed by atoms with Crippen LogP contribution in [-0.4, -0.2) is 25.8 Å². The largest absolute Gasteiger partial charge is 0.464 e. The number of ether oxygens (including phenoxy) is 2. The van der Waals surface area contributed by atoms with E-state index in [0.29, 0.717) is 13.2 Å². The van der Waals surface area contributed by atoms with E-state index in [4.69, 9.17) is 15.2 Å². The van der Waals surface area contributed by atoms with Crippen LogP contribution in [-0.2, 0) is 27.1 Å². The van der Waals surface area contributed by atoms with Gasteiger partial charge in [0.2, 0.25) is 0 Å². The zero-order valence-electron chi connectivity index (χ0n) is 12.6. The van der Waals surface area contributed by atoms with E-state index in [2.05, 4.69) is 32.0 Å². The number of benzene rings is 1. The molecule has 0 spiro atoms. The third-order valence-corrected chi connectivity index (χ3v) is 3.22. The molecule has 1 aromatic carbocycles. The maximum atomic E-state index is 11.2. The molecule has 4 heteroatoms. The Morgan fingerprint density at radius 3 is 2.60 bits per heavy atom. The molecule has 1 atom stereocenters. The quantitative estimate of drug-likeness (QED) is 0.742. The van der Waals surface area contributed by atoms with Gasteiger partial charge >= 0.3 is 5.97 Å². The topological polar surface area (TPSA) is 61.5 Å². The van der Waals surface area contributed by atoms with Crippen molar-refractivity contribution < 1.29 is 14.3 Å². The molecule has 0 bridgehead atoms. The molecule has 1 unspecified atom stereocenters. The minimum atomic E-state index is -0.349. The first-order chi connectivity index (χ1) is 9.62. The van der Waals surface area contributed by atoms with Crippen LogP contribution < -0.4 is 5.73 Å². The van der Waals surface area contributed by atoms with Gasteiger partial charge in [-0.1, -0.05) is 32.0 Å². The summed E-state index contributed by atoms with van der Waals surface area (Å²) in [4.78, 5) is 11.2. The Kier molecular flexibility index (Phi) is 7.26. The molecule has 2 N–H and O–H groups in total. The van der Waals surface area contributed by atoms with Gasteiger partial charge in [-0.25, -0.2) is 4.79 Å². The second-order valence-electron chi connectivity index (χ2n) is 4.67. The van der Waals surface area contributed by atoms with Gasteiger partial charge in [-0.05, 0) is 36.5 Å². The van der Waals surface area contributed by atoms with Crippen LogP contribution in [0.25, 0.3) is 0 Å². The van der Waals surface area contributed by atoms with Crippen molar-refractivity contribution in [1.29, 1.82) is 0 Å². The molecule has 20 heavy (non-hydrogen) atoms. The molecule has 0 heterocycles. The van der Waals surface area contributed by atoms with E-state index in [0.717, 1.165) is 18.4 Å². The second-order valence-corrected chi connectivity index (χ2v) is 4.67. The van der Waals surface area contributed by atoms with Gasteiger partial charge in [0.05, 0.1) is 19.3 Å². The zero-order valence-corrected chi connectivity index (χ0v) is 12.6. The number of carbonyl (C=O) groups is 1. The molecule has 0 saturated heterocycles. The van der Waals surface area contributed by atoms with E-state index in [9.17, 15) is 4.79 Å². The number of hydrogen-bond donors (Lipinski definition) is 1. The third-order valence-electron chi connectivity index (χ3n) is 3.22. The van der Waals surface area contributed by atoms with Gasteiger partial charge in [-0.15, -0.1) is 0 Å². The number of aryl methyl sites for hydroxylation is 2. The summed E-state index contributed by atoms with van der Waals surface area (Å²) in [7, 11) is 0. The summed E-state index contributed by atoms with van der Waals surface area (Å²) in [5.41, 5.74) is 9.78. The summed E-state index contributed by atoms with van der Waals surface area (Å²) in [6.07, 6.45) is 1.91. The van der Waals surface area contributed by atoms with E-state index < -0.39 is 0 Å². The molecule has 112 valence electrons. The van der Waals surface area contributed by atoms with Crippen LogP contribution in [0.4, 0.5) is 0 Å². The molecule has 1 aromatic rings. The zero-order chi connectivity index (χ0) is 15.0. The molecule has 0 aliphatic rings. The highest BCUT2D eigenvalue weighted by atomic mass is 16.6. The van der Waals surface area contributed by atoms with Crippen LogP contribution in [0.1, 0.15) is 43.5 Å². The Morgan fingerprint density at radius 2 is 2.00 bits per heavy atom.